The van der Waals surface area contributed by atoms with Gasteiger partial charge in [0, 0.05) is 6.42 Å². The number of carboxylic acid groups (broad SMARTS) is 1. The van der Waals surface area contributed by atoms with Crippen molar-refractivity contribution in [1.82, 2.24) is 4.72 Å². The highest BCUT2D eigenvalue weighted by Gasteiger charge is 2.31. The summed E-state index contributed by atoms with van der Waals surface area (Å²) < 4.78 is 29.4. The SMILES string of the molecule is COC(=O)CCCS(=O)(=O)NC(C)(C)C(=O)O. The normalized spacial score (nSPS) is 12.2. The van der Waals surface area contributed by atoms with E-state index in [1.807, 2.05) is 4.72 Å². The molecule has 0 fully saturated rings. The van der Waals surface area contributed by atoms with Crippen LogP contribution in [0, 0.1) is 0 Å². The molecule has 0 radical (unpaired) electrons. The fraction of sp³-hybridized carbons (Fsp3) is 0.778. The average Bonchev–Trinajstić information content (AvgIpc) is 2.15. The van der Waals surface area contributed by atoms with Crippen LogP contribution in [-0.2, 0) is 24.3 Å². The molecule has 0 aromatic carbocycles. The quantitative estimate of drug-likeness (QED) is 0.614. The average molecular weight is 267 g/mol. The number of nitrogens with one attached hydrogen (secondary N) is 1. The van der Waals surface area contributed by atoms with Gasteiger partial charge in [-0.25, -0.2) is 8.42 Å². The first-order valence-corrected chi connectivity index (χ1v) is 6.58. The molecular weight excluding hydrogens is 250 g/mol. The Morgan fingerprint density at radius 3 is 2.29 bits per heavy atom. The smallest absolute Gasteiger partial charge is 0.324 e. The molecule has 7 nitrogen and oxygen atoms in total. The van der Waals surface area contributed by atoms with E-state index in [-0.39, 0.29) is 18.6 Å². The molecule has 0 rings (SSSR count). The number of ether oxygens (including phenoxy) is 1. The van der Waals surface area contributed by atoms with Crippen LogP contribution in [0.2, 0.25) is 0 Å². The third-order valence-corrected chi connectivity index (χ3v) is 3.61. The number of aliphatic carboxylic acids is 1. The van der Waals surface area contributed by atoms with Gasteiger partial charge in [-0.3, -0.25) is 9.59 Å². The number of carbonyl (C=O) groups excluding carboxylic acids is 1. The van der Waals surface area contributed by atoms with Crippen LogP contribution in [0.5, 0.6) is 0 Å². The number of hydrogen-bond acceptors (Lipinski definition) is 5. The van der Waals surface area contributed by atoms with E-state index in [1.54, 1.807) is 0 Å². The fourth-order valence-electron chi connectivity index (χ4n) is 0.992. The van der Waals surface area contributed by atoms with Crippen molar-refractivity contribution in [2.45, 2.75) is 32.2 Å². The molecule has 0 aliphatic rings. The molecule has 0 atom stereocenters. The molecular formula is C9H17NO6S. The van der Waals surface area contributed by atoms with E-state index >= 15 is 0 Å². The summed E-state index contributed by atoms with van der Waals surface area (Å²) in [6.45, 7) is 2.49. The van der Waals surface area contributed by atoms with Crippen LogP contribution in [-0.4, -0.2) is 43.9 Å². The second-order valence-electron chi connectivity index (χ2n) is 4.03. The van der Waals surface area contributed by atoms with Gasteiger partial charge >= 0.3 is 11.9 Å². The number of methoxy groups -OCH3 is 1. The van der Waals surface area contributed by atoms with Gasteiger partial charge in [0.15, 0.2) is 0 Å². The van der Waals surface area contributed by atoms with E-state index in [0.29, 0.717) is 0 Å². The van der Waals surface area contributed by atoms with Crippen LogP contribution >= 0.6 is 0 Å². The Hall–Kier alpha value is -1.15. The highest BCUT2D eigenvalue weighted by Crippen LogP contribution is 2.06. The molecule has 0 bridgehead atoms. The summed E-state index contributed by atoms with van der Waals surface area (Å²) in [4.78, 5) is 21.5. The molecule has 0 aliphatic heterocycles. The Bertz CT molecular complexity index is 386. The fourth-order valence-corrected chi connectivity index (χ4v) is 2.48. The Morgan fingerprint density at radius 1 is 1.35 bits per heavy atom. The van der Waals surface area contributed by atoms with Crippen molar-refractivity contribution in [3.8, 4) is 0 Å². The minimum Gasteiger partial charge on any atom is -0.480 e. The maximum atomic E-state index is 11.5. The van der Waals surface area contributed by atoms with Gasteiger partial charge in [-0.2, -0.15) is 4.72 Å². The first kappa shape index (κ1) is 15.9. The summed E-state index contributed by atoms with van der Waals surface area (Å²) in [7, 11) is -2.52. The monoisotopic (exact) mass is 267 g/mol. The molecule has 2 N–H and O–H groups in total. The van der Waals surface area contributed by atoms with Gasteiger partial charge in [0.25, 0.3) is 0 Å². The summed E-state index contributed by atoms with van der Waals surface area (Å²) in [5.41, 5.74) is -1.57. The Labute approximate surface area is 100 Å². The van der Waals surface area contributed by atoms with Gasteiger partial charge < -0.3 is 9.84 Å². The van der Waals surface area contributed by atoms with Crippen molar-refractivity contribution in [3.05, 3.63) is 0 Å². The van der Waals surface area contributed by atoms with Crippen molar-refractivity contribution >= 4 is 22.0 Å². The second kappa shape index (κ2) is 5.97. The number of carbonyl (C=O) groups is 2. The van der Waals surface area contributed by atoms with Crippen molar-refractivity contribution in [2.75, 3.05) is 12.9 Å². The van der Waals surface area contributed by atoms with Crippen molar-refractivity contribution in [2.24, 2.45) is 0 Å². The highest BCUT2D eigenvalue weighted by atomic mass is 32.2. The third-order valence-electron chi connectivity index (χ3n) is 1.97. The first-order valence-electron chi connectivity index (χ1n) is 4.92. The van der Waals surface area contributed by atoms with Crippen molar-refractivity contribution < 1.29 is 27.9 Å². The van der Waals surface area contributed by atoms with Gasteiger partial charge in [-0.05, 0) is 20.3 Å². The Morgan fingerprint density at radius 2 is 1.88 bits per heavy atom. The molecule has 0 unspecified atom stereocenters. The second-order valence-corrected chi connectivity index (χ2v) is 5.87. The zero-order chi connectivity index (χ0) is 13.7. The minimum atomic E-state index is -3.73. The number of esters is 1. The molecule has 8 heteroatoms. The van der Waals surface area contributed by atoms with Crippen LogP contribution in [0.3, 0.4) is 0 Å². The maximum absolute atomic E-state index is 11.5. The minimum absolute atomic E-state index is 0.0229. The number of hydrogen-bond donors (Lipinski definition) is 2. The molecule has 100 valence electrons. The molecule has 0 spiro atoms. The van der Waals surface area contributed by atoms with Crippen LogP contribution in [0.25, 0.3) is 0 Å². The van der Waals surface area contributed by atoms with Crippen LogP contribution in [0.15, 0.2) is 0 Å². The molecule has 0 aromatic heterocycles. The van der Waals surface area contributed by atoms with Gasteiger partial charge in [0.1, 0.15) is 5.54 Å². The summed E-state index contributed by atoms with van der Waals surface area (Å²) in [5, 5.41) is 8.76. The zero-order valence-corrected chi connectivity index (χ0v) is 10.8. The van der Waals surface area contributed by atoms with Crippen LogP contribution < -0.4 is 4.72 Å². The van der Waals surface area contributed by atoms with Gasteiger partial charge in [-0.15, -0.1) is 0 Å². The summed E-state index contributed by atoms with van der Waals surface area (Å²) in [6.07, 6.45) is 0.0582. The number of sulfonamides is 1. The standard InChI is InChI=1S/C9H17NO6S/c1-9(2,8(12)13)10-17(14,15)6-4-5-7(11)16-3/h10H,4-6H2,1-3H3,(H,12,13). The lowest BCUT2D eigenvalue weighted by atomic mass is 10.1. The third kappa shape index (κ3) is 6.22. The predicted molar refractivity (Wildman–Crippen MR) is 59.9 cm³/mol. The van der Waals surface area contributed by atoms with Crippen LogP contribution in [0.4, 0.5) is 0 Å². The zero-order valence-electron chi connectivity index (χ0n) is 10.0. The van der Waals surface area contributed by atoms with E-state index in [9.17, 15) is 18.0 Å². The molecule has 17 heavy (non-hydrogen) atoms. The van der Waals surface area contributed by atoms with E-state index in [2.05, 4.69) is 4.74 Å². The number of carboxylic acids is 1. The lowest BCUT2D eigenvalue weighted by molar-refractivity contribution is -0.143. The van der Waals surface area contributed by atoms with Crippen molar-refractivity contribution in [3.63, 3.8) is 0 Å². The molecule has 0 aromatic rings. The van der Waals surface area contributed by atoms with Gasteiger partial charge in [0.2, 0.25) is 10.0 Å². The lowest BCUT2D eigenvalue weighted by Crippen LogP contribution is -2.50. The summed E-state index contributed by atoms with van der Waals surface area (Å²) in [6, 6.07) is 0. The van der Waals surface area contributed by atoms with E-state index < -0.39 is 27.5 Å². The molecule has 0 saturated heterocycles. The highest BCUT2D eigenvalue weighted by molar-refractivity contribution is 7.89. The van der Waals surface area contributed by atoms with Crippen molar-refractivity contribution in [1.29, 1.82) is 0 Å². The number of rotatable bonds is 7. The van der Waals surface area contributed by atoms with E-state index in [1.165, 1.54) is 21.0 Å². The Kier molecular flexibility index (Phi) is 5.56. The summed E-state index contributed by atoms with van der Waals surface area (Å²) in [5.74, 6) is -2.09. The molecule has 0 aliphatic carbocycles. The Balaban J connectivity index is 4.32. The molecule has 0 saturated carbocycles. The molecule has 0 amide bonds. The van der Waals surface area contributed by atoms with Gasteiger partial charge in [-0.1, -0.05) is 0 Å². The molecule has 0 heterocycles. The lowest BCUT2D eigenvalue weighted by Gasteiger charge is -2.20. The van der Waals surface area contributed by atoms with Crippen LogP contribution in [0.1, 0.15) is 26.7 Å². The predicted octanol–water partition coefficient (Wildman–Crippen LogP) is -0.278. The van der Waals surface area contributed by atoms with E-state index in [4.69, 9.17) is 5.11 Å². The topological polar surface area (TPSA) is 110 Å². The summed E-state index contributed by atoms with van der Waals surface area (Å²) >= 11 is 0. The van der Waals surface area contributed by atoms with Gasteiger partial charge in [0.05, 0.1) is 12.9 Å². The van der Waals surface area contributed by atoms with E-state index in [0.717, 1.165) is 0 Å². The largest absolute Gasteiger partial charge is 0.480 e. The maximum Gasteiger partial charge on any atom is 0.324 e. The first-order chi connectivity index (χ1) is 7.60.